The van der Waals surface area contributed by atoms with Gasteiger partial charge < -0.3 is 4.42 Å². The molecule has 0 bridgehead atoms. The SMILES string of the molecule is [2H]c1c([2H])c([2H])c(-c2ccc3c(c2)oc2cccc(-c4ccc5ccc6c(-c7ccc8ccccc8c7)ccc7ccc4c5c76)c23)c([2H])c1[2H]. The fraction of sp³-hybridized carbons (Fsp3) is 0. The molecule has 208 valence electrons. The normalized spacial score (nSPS) is 13.6. The van der Waals surface area contributed by atoms with Gasteiger partial charge in [0.2, 0.25) is 0 Å². The van der Waals surface area contributed by atoms with Gasteiger partial charge in [-0.15, -0.1) is 0 Å². The first kappa shape index (κ1) is 20.1. The van der Waals surface area contributed by atoms with Crippen molar-refractivity contribution in [2.24, 2.45) is 0 Å². The third kappa shape index (κ3) is 3.62. The van der Waals surface area contributed by atoms with Gasteiger partial charge in [-0.1, -0.05) is 133 Å². The molecule has 0 amide bonds. The highest BCUT2D eigenvalue weighted by Crippen LogP contribution is 2.45. The average molecular weight is 576 g/mol. The summed E-state index contributed by atoms with van der Waals surface area (Å²) in [6.45, 7) is 0. The molecule has 9 aromatic carbocycles. The quantitative estimate of drug-likeness (QED) is 0.191. The first-order valence-corrected chi connectivity index (χ1v) is 15.1. The number of fused-ring (bicyclic) bond motifs is 4. The summed E-state index contributed by atoms with van der Waals surface area (Å²) in [5.41, 5.74) is 6.54. The zero-order valence-electron chi connectivity index (χ0n) is 29.0. The predicted molar refractivity (Wildman–Crippen MR) is 191 cm³/mol. The Kier molecular flexibility index (Phi) is 4.15. The Balaban J connectivity index is 1.19. The minimum Gasteiger partial charge on any atom is -0.456 e. The third-order valence-electron chi connectivity index (χ3n) is 9.30. The molecule has 0 saturated carbocycles. The van der Waals surface area contributed by atoms with E-state index in [0.717, 1.165) is 32.9 Å². The molecule has 1 heteroatoms. The van der Waals surface area contributed by atoms with Crippen molar-refractivity contribution in [1.29, 1.82) is 0 Å². The van der Waals surface area contributed by atoms with Crippen molar-refractivity contribution in [2.75, 3.05) is 0 Å². The van der Waals surface area contributed by atoms with E-state index < -0.39 is 6.04 Å². The van der Waals surface area contributed by atoms with E-state index in [1.165, 1.54) is 48.8 Å². The standard InChI is InChI=1S/C44H26O/c1-2-7-27(8-3-1)32-19-24-39-41(26-32)45-40-12-6-11-36(44(39)40)35-21-16-30-17-22-37-34(20-15-29-18-23-38(35)43(30)42(29)37)33-14-13-28-9-4-5-10-31(28)25-33/h1-26H/i1D,2D,3D,7D,8D. The highest BCUT2D eigenvalue weighted by molar-refractivity contribution is 6.28. The van der Waals surface area contributed by atoms with Crippen LogP contribution >= 0.6 is 0 Å². The molecule has 0 N–H and O–H groups in total. The average Bonchev–Trinajstić information content (AvgIpc) is 3.53. The van der Waals surface area contributed by atoms with Crippen LogP contribution in [-0.2, 0) is 0 Å². The Morgan fingerprint density at radius 3 is 1.87 bits per heavy atom. The van der Waals surface area contributed by atoms with Gasteiger partial charge in [0.15, 0.2) is 0 Å². The maximum Gasteiger partial charge on any atom is 0.136 e. The molecule has 0 aliphatic heterocycles. The van der Waals surface area contributed by atoms with Crippen molar-refractivity contribution in [2.45, 2.75) is 0 Å². The van der Waals surface area contributed by atoms with Gasteiger partial charge >= 0.3 is 0 Å². The number of benzene rings is 9. The zero-order valence-corrected chi connectivity index (χ0v) is 24.0. The van der Waals surface area contributed by atoms with Gasteiger partial charge in [0.25, 0.3) is 0 Å². The largest absolute Gasteiger partial charge is 0.456 e. The molecule has 10 rings (SSSR count). The fourth-order valence-electron chi connectivity index (χ4n) is 7.24. The van der Waals surface area contributed by atoms with Crippen molar-refractivity contribution in [1.82, 2.24) is 0 Å². The molecule has 1 heterocycles. The molecular weight excluding hydrogens is 544 g/mol. The highest BCUT2D eigenvalue weighted by Gasteiger charge is 2.18. The summed E-state index contributed by atoms with van der Waals surface area (Å²) < 4.78 is 47.7. The smallest absolute Gasteiger partial charge is 0.136 e. The minimum absolute atomic E-state index is 0.161. The Morgan fingerprint density at radius 1 is 0.378 bits per heavy atom. The van der Waals surface area contributed by atoms with Crippen molar-refractivity contribution in [3.63, 3.8) is 0 Å². The number of hydrogen-bond donors (Lipinski definition) is 0. The highest BCUT2D eigenvalue weighted by atomic mass is 16.3. The summed E-state index contributed by atoms with van der Waals surface area (Å²) in [7, 11) is 0. The summed E-state index contributed by atoms with van der Waals surface area (Å²) in [5.74, 6) is 0. The first-order valence-electron chi connectivity index (χ1n) is 17.6. The molecule has 0 aliphatic rings. The molecular formula is C44H26O. The van der Waals surface area contributed by atoms with Gasteiger partial charge in [0, 0.05) is 10.8 Å². The summed E-state index contributed by atoms with van der Waals surface area (Å²) in [6.07, 6.45) is 0. The lowest BCUT2D eigenvalue weighted by atomic mass is 9.86. The van der Waals surface area contributed by atoms with Crippen LogP contribution in [0, 0.1) is 0 Å². The van der Waals surface area contributed by atoms with Crippen molar-refractivity contribution >= 4 is 65.0 Å². The lowest BCUT2D eigenvalue weighted by Gasteiger charge is -2.17. The molecule has 0 aliphatic carbocycles. The van der Waals surface area contributed by atoms with Gasteiger partial charge in [0.05, 0.1) is 6.85 Å². The van der Waals surface area contributed by atoms with Gasteiger partial charge in [-0.2, -0.15) is 0 Å². The van der Waals surface area contributed by atoms with Crippen molar-refractivity contribution in [3.05, 3.63) is 158 Å². The second kappa shape index (κ2) is 9.29. The lowest BCUT2D eigenvalue weighted by molar-refractivity contribution is 0.669. The van der Waals surface area contributed by atoms with Crippen LogP contribution in [0.2, 0.25) is 0 Å². The van der Waals surface area contributed by atoms with Gasteiger partial charge in [-0.05, 0) is 101 Å². The van der Waals surface area contributed by atoms with E-state index >= 15 is 0 Å². The molecule has 0 radical (unpaired) electrons. The second-order valence-corrected chi connectivity index (χ2v) is 11.7. The van der Waals surface area contributed by atoms with E-state index in [2.05, 4.69) is 97.1 Å². The van der Waals surface area contributed by atoms with Gasteiger partial charge in [-0.3, -0.25) is 0 Å². The molecule has 10 aromatic rings. The second-order valence-electron chi connectivity index (χ2n) is 11.7. The summed E-state index contributed by atoms with van der Waals surface area (Å²) in [6, 6.07) is 43.0. The molecule has 45 heavy (non-hydrogen) atoms. The van der Waals surface area contributed by atoms with Crippen LogP contribution in [-0.4, -0.2) is 0 Å². The monoisotopic (exact) mass is 575 g/mol. The molecule has 0 atom stereocenters. The van der Waals surface area contributed by atoms with Crippen LogP contribution < -0.4 is 0 Å². The first-order chi connectivity index (χ1) is 24.4. The summed E-state index contributed by atoms with van der Waals surface area (Å²) >= 11 is 0. The minimum atomic E-state index is -0.406. The van der Waals surface area contributed by atoms with E-state index in [1.807, 2.05) is 24.3 Å². The number of furan rings is 1. The van der Waals surface area contributed by atoms with Crippen molar-refractivity contribution in [3.8, 4) is 33.4 Å². The Bertz CT molecular complexity index is 3020. The van der Waals surface area contributed by atoms with E-state index in [0.29, 0.717) is 11.1 Å². The molecule has 0 saturated heterocycles. The third-order valence-corrected chi connectivity index (χ3v) is 9.30. The van der Waals surface area contributed by atoms with Crippen LogP contribution in [0.1, 0.15) is 6.85 Å². The lowest BCUT2D eigenvalue weighted by Crippen LogP contribution is -1.90. The van der Waals surface area contributed by atoms with Gasteiger partial charge in [-0.25, -0.2) is 0 Å². The molecule has 1 nitrogen and oxygen atoms in total. The van der Waals surface area contributed by atoms with E-state index in [4.69, 9.17) is 11.3 Å². The molecule has 0 unspecified atom stereocenters. The zero-order chi connectivity index (χ0) is 33.8. The number of rotatable bonds is 3. The Labute approximate surface area is 266 Å². The predicted octanol–water partition coefficient (Wildman–Crippen LogP) is 12.6. The topological polar surface area (TPSA) is 13.1 Å². The maximum absolute atomic E-state index is 8.49. The van der Waals surface area contributed by atoms with Crippen LogP contribution in [0.4, 0.5) is 0 Å². The Morgan fingerprint density at radius 2 is 1.04 bits per heavy atom. The van der Waals surface area contributed by atoms with Crippen LogP contribution in [0.3, 0.4) is 0 Å². The molecule has 0 spiro atoms. The number of hydrogen-bond acceptors (Lipinski definition) is 1. The van der Waals surface area contributed by atoms with E-state index in [9.17, 15) is 0 Å². The van der Waals surface area contributed by atoms with E-state index in [-0.39, 0.29) is 29.7 Å². The van der Waals surface area contributed by atoms with Crippen LogP contribution in [0.25, 0.3) is 98.4 Å². The van der Waals surface area contributed by atoms with Crippen molar-refractivity contribution < 1.29 is 11.3 Å². The summed E-state index contributed by atoms with van der Waals surface area (Å²) in [5, 5.41) is 11.6. The Hall–Kier alpha value is -5.92. The fourth-order valence-corrected chi connectivity index (χ4v) is 7.24. The molecule has 1 aromatic heterocycles. The maximum atomic E-state index is 8.49. The molecule has 0 fully saturated rings. The van der Waals surface area contributed by atoms with Gasteiger partial charge in [0.1, 0.15) is 11.2 Å². The van der Waals surface area contributed by atoms with Crippen LogP contribution in [0.15, 0.2) is 162 Å². The van der Waals surface area contributed by atoms with E-state index in [1.54, 1.807) is 6.07 Å². The summed E-state index contributed by atoms with van der Waals surface area (Å²) in [4.78, 5) is 0. The van der Waals surface area contributed by atoms with Crippen LogP contribution in [0.5, 0.6) is 0 Å².